The van der Waals surface area contributed by atoms with Crippen LogP contribution in [0, 0.1) is 5.92 Å². The largest absolute Gasteiger partial charge is 0.349 e. The van der Waals surface area contributed by atoms with Crippen LogP contribution in [0.15, 0.2) is 22.9 Å². The average Bonchev–Trinajstić information content (AvgIpc) is 3.30. The highest BCUT2D eigenvalue weighted by Gasteiger charge is 2.29. The van der Waals surface area contributed by atoms with Gasteiger partial charge in [-0.25, -0.2) is 0 Å². The second kappa shape index (κ2) is 7.33. The second-order valence-corrected chi connectivity index (χ2v) is 7.95. The number of pyridine rings is 1. The van der Waals surface area contributed by atoms with Gasteiger partial charge in [0.25, 0.3) is 5.89 Å². The lowest BCUT2D eigenvalue weighted by Crippen LogP contribution is -2.26. The van der Waals surface area contributed by atoms with E-state index in [1.807, 2.05) is 22.7 Å². The number of carbonyl (C=O) groups is 1. The molecule has 146 valence electrons. The Bertz CT molecular complexity index is 984. The summed E-state index contributed by atoms with van der Waals surface area (Å²) in [4.78, 5) is 16.8. The lowest BCUT2D eigenvalue weighted by atomic mass is 9.87. The highest BCUT2D eigenvalue weighted by molar-refractivity contribution is 5.76. The predicted molar refractivity (Wildman–Crippen MR) is 101 cm³/mol. The zero-order valence-electron chi connectivity index (χ0n) is 15.8. The Morgan fingerprint density at radius 1 is 1.18 bits per heavy atom. The minimum absolute atomic E-state index is 0.0887. The summed E-state index contributed by atoms with van der Waals surface area (Å²) < 4.78 is 7.31. The number of amides is 1. The van der Waals surface area contributed by atoms with Gasteiger partial charge in [0.2, 0.25) is 5.91 Å². The smallest absolute Gasteiger partial charge is 0.261 e. The number of aromatic nitrogens is 5. The van der Waals surface area contributed by atoms with Gasteiger partial charge in [0.05, 0.1) is 12.1 Å². The van der Waals surface area contributed by atoms with Gasteiger partial charge in [-0.05, 0) is 43.7 Å². The van der Waals surface area contributed by atoms with Crippen molar-refractivity contribution in [3.8, 4) is 11.5 Å². The molecule has 3 aromatic heterocycles. The number of nitrogens with zero attached hydrogens (tertiary/aromatic N) is 5. The van der Waals surface area contributed by atoms with Gasteiger partial charge < -0.3 is 9.84 Å². The van der Waals surface area contributed by atoms with Crippen LogP contribution < -0.4 is 5.32 Å². The summed E-state index contributed by atoms with van der Waals surface area (Å²) in [5.41, 5.74) is 1.42. The van der Waals surface area contributed by atoms with Gasteiger partial charge in [0.15, 0.2) is 17.3 Å². The Morgan fingerprint density at radius 2 is 2.04 bits per heavy atom. The van der Waals surface area contributed by atoms with Crippen LogP contribution in [0.2, 0.25) is 0 Å². The summed E-state index contributed by atoms with van der Waals surface area (Å²) in [5, 5.41) is 15.6. The van der Waals surface area contributed by atoms with Gasteiger partial charge in [-0.3, -0.25) is 9.20 Å². The molecule has 1 N–H and O–H groups in total. The van der Waals surface area contributed by atoms with E-state index in [2.05, 4.69) is 25.7 Å². The monoisotopic (exact) mass is 380 g/mol. The molecule has 2 saturated carbocycles. The lowest BCUT2D eigenvalue weighted by molar-refractivity contribution is -0.122. The molecule has 0 aliphatic heterocycles. The van der Waals surface area contributed by atoms with E-state index in [9.17, 15) is 4.79 Å². The summed E-state index contributed by atoms with van der Waals surface area (Å²) >= 11 is 0. The van der Waals surface area contributed by atoms with Crippen LogP contribution in [-0.2, 0) is 11.3 Å². The van der Waals surface area contributed by atoms with E-state index in [4.69, 9.17) is 4.52 Å². The zero-order valence-corrected chi connectivity index (χ0v) is 15.8. The van der Waals surface area contributed by atoms with Crippen molar-refractivity contribution in [3.63, 3.8) is 0 Å². The van der Waals surface area contributed by atoms with E-state index in [1.54, 1.807) is 0 Å². The molecule has 28 heavy (non-hydrogen) atoms. The molecule has 5 rings (SSSR count). The highest BCUT2D eigenvalue weighted by Crippen LogP contribution is 2.39. The van der Waals surface area contributed by atoms with Crippen molar-refractivity contribution in [2.75, 3.05) is 0 Å². The van der Waals surface area contributed by atoms with Gasteiger partial charge in [0, 0.05) is 18.5 Å². The van der Waals surface area contributed by atoms with Crippen molar-refractivity contribution < 1.29 is 9.32 Å². The highest BCUT2D eigenvalue weighted by atomic mass is 16.5. The normalized spacial score (nSPS) is 17.9. The van der Waals surface area contributed by atoms with Gasteiger partial charge in [-0.15, -0.1) is 10.2 Å². The summed E-state index contributed by atoms with van der Waals surface area (Å²) in [6, 6.07) is 3.81. The molecule has 0 saturated heterocycles. The number of carbonyl (C=O) groups excluding carboxylic acids is 1. The van der Waals surface area contributed by atoms with E-state index >= 15 is 0 Å². The molecule has 0 aromatic carbocycles. The Labute approximate surface area is 162 Å². The number of nitrogens with one attached hydrogen (secondary N) is 1. The summed E-state index contributed by atoms with van der Waals surface area (Å²) in [7, 11) is 0. The molecule has 3 heterocycles. The van der Waals surface area contributed by atoms with Crippen molar-refractivity contribution >= 4 is 11.6 Å². The molecule has 1 amide bonds. The molecule has 0 bridgehead atoms. The molecule has 8 heteroatoms. The number of fused-ring (bicyclic) bond motifs is 1. The first-order valence-electron chi connectivity index (χ1n) is 10.2. The van der Waals surface area contributed by atoms with Crippen molar-refractivity contribution in [2.45, 2.75) is 63.8 Å². The standard InChI is InChI=1S/C20H24N6O2/c27-17(11-13-5-2-1-3-6-13)21-12-16-23-24-19-15(7-4-10-26(16)19)20-22-18(25-28-20)14-8-9-14/h4,7,10,13-14H,1-3,5-6,8-9,11-12H2,(H,21,27). The van der Waals surface area contributed by atoms with Crippen molar-refractivity contribution in [1.29, 1.82) is 0 Å². The number of hydrogen-bond acceptors (Lipinski definition) is 6. The molecule has 0 radical (unpaired) electrons. The molecular weight excluding hydrogens is 356 g/mol. The van der Waals surface area contributed by atoms with Crippen LogP contribution in [0.1, 0.15) is 68.9 Å². The van der Waals surface area contributed by atoms with Crippen LogP contribution >= 0.6 is 0 Å². The number of rotatable bonds is 6. The maximum absolute atomic E-state index is 12.3. The second-order valence-electron chi connectivity index (χ2n) is 7.95. The summed E-state index contributed by atoms with van der Waals surface area (Å²) in [5.74, 6) is 2.97. The van der Waals surface area contributed by atoms with Crippen LogP contribution in [0.5, 0.6) is 0 Å². The van der Waals surface area contributed by atoms with Gasteiger partial charge >= 0.3 is 0 Å². The molecule has 8 nitrogen and oxygen atoms in total. The maximum Gasteiger partial charge on any atom is 0.261 e. The molecule has 0 spiro atoms. The first-order chi connectivity index (χ1) is 13.8. The SMILES string of the molecule is O=C(CC1CCCCC1)NCc1nnc2c(-c3nc(C4CC4)no3)cccn12. The quantitative estimate of drug-likeness (QED) is 0.705. The van der Waals surface area contributed by atoms with Gasteiger partial charge in [-0.1, -0.05) is 24.4 Å². The predicted octanol–water partition coefficient (Wildman–Crippen LogP) is 3.24. The zero-order chi connectivity index (χ0) is 18.9. The van der Waals surface area contributed by atoms with Crippen molar-refractivity contribution in [3.05, 3.63) is 30.0 Å². The van der Waals surface area contributed by atoms with E-state index in [0.29, 0.717) is 42.2 Å². The van der Waals surface area contributed by atoms with Gasteiger partial charge in [-0.2, -0.15) is 4.98 Å². The Kier molecular flexibility index (Phi) is 4.54. The van der Waals surface area contributed by atoms with Crippen LogP contribution in [-0.4, -0.2) is 30.6 Å². The molecule has 2 aliphatic carbocycles. The van der Waals surface area contributed by atoms with E-state index in [0.717, 1.165) is 37.1 Å². The van der Waals surface area contributed by atoms with Crippen LogP contribution in [0.4, 0.5) is 0 Å². The third kappa shape index (κ3) is 3.50. The van der Waals surface area contributed by atoms with Crippen LogP contribution in [0.25, 0.3) is 17.1 Å². The van der Waals surface area contributed by atoms with E-state index < -0.39 is 0 Å². The summed E-state index contributed by atoms with van der Waals surface area (Å²) in [6.45, 7) is 0.354. The molecule has 2 fully saturated rings. The minimum atomic E-state index is 0.0887. The molecule has 3 aromatic rings. The third-order valence-electron chi connectivity index (χ3n) is 5.76. The third-order valence-corrected chi connectivity index (χ3v) is 5.76. The van der Waals surface area contributed by atoms with Crippen molar-refractivity contribution in [1.82, 2.24) is 30.1 Å². The van der Waals surface area contributed by atoms with E-state index in [1.165, 1.54) is 19.3 Å². The maximum atomic E-state index is 12.3. The Morgan fingerprint density at radius 3 is 2.86 bits per heavy atom. The molecule has 0 unspecified atom stereocenters. The fraction of sp³-hybridized carbons (Fsp3) is 0.550. The molecular formula is C20H24N6O2. The Hall–Kier alpha value is -2.77. The first kappa shape index (κ1) is 17.3. The van der Waals surface area contributed by atoms with Crippen molar-refractivity contribution in [2.24, 2.45) is 5.92 Å². The fourth-order valence-electron chi connectivity index (χ4n) is 4.01. The van der Waals surface area contributed by atoms with Gasteiger partial charge in [0.1, 0.15) is 0 Å². The average molecular weight is 380 g/mol. The topological polar surface area (TPSA) is 98.2 Å². The van der Waals surface area contributed by atoms with E-state index in [-0.39, 0.29) is 5.91 Å². The lowest BCUT2D eigenvalue weighted by Gasteiger charge is -2.20. The first-order valence-corrected chi connectivity index (χ1v) is 10.2. The molecule has 0 atom stereocenters. The fourth-order valence-corrected chi connectivity index (χ4v) is 4.01. The summed E-state index contributed by atoms with van der Waals surface area (Å²) in [6.07, 6.45) is 10.9. The van der Waals surface area contributed by atoms with Crippen LogP contribution in [0.3, 0.4) is 0 Å². The minimum Gasteiger partial charge on any atom is -0.349 e. The number of hydrogen-bond donors (Lipinski definition) is 1. The Balaban J connectivity index is 1.29. The molecule has 2 aliphatic rings.